The Hall–Kier alpha value is -1.66. The van der Waals surface area contributed by atoms with Crippen LogP contribution in [0.4, 0.5) is 11.4 Å². The Morgan fingerprint density at radius 1 is 1.10 bits per heavy atom. The number of rotatable bonds is 6. The maximum Gasteiger partial charge on any atom is 0.265 e. The molecule has 1 saturated heterocycles. The van der Waals surface area contributed by atoms with Gasteiger partial charge in [-0.3, -0.25) is 4.79 Å². The van der Waals surface area contributed by atoms with Crippen LogP contribution in [0, 0.1) is 0 Å². The lowest BCUT2D eigenvalue weighted by molar-refractivity contribution is -0.122. The largest absolute Gasteiger partial charge is 0.479 e. The molecule has 1 heterocycles. The van der Waals surface area contributed by atoms with Gasteiger partial charge in [-0.15, -0.1) is 0 Å². The Morgan fingerprint density at radius 2 is 1.83 bits per heavy atom. The van der Waals surface area contributed by atoms with Crippen LogP contribution >= 0.6 is 34.8 Å². The van der Waals surface area contributed by atoms with E-state index < -0.39 is 6.10 Å². The Kier molecular flexibility index (Phi) is 7.52. The molecule has 8 heteroatoms. The molecule has 0 aliphatic carbocycles. The summed E-state index contributed by atoms with van der Waals surface area (Å²) in [4.78, 5) is 17.4. The molecule has 5 nitrogen and oxygen atoms in total. The summed E-state index contributed by atoms with van der Waals surface area (Å²) in [6, 6.07) is 10.4. The number of para-hydroxylation sites is 1. The molecule has 2 aromatic carbocycles. The molecule has 2 aromatic rings. The van der Waals surface area contributed by atoms with Crippen molar-refractivity contribution in [1.82, 2.24) is 4.90 Å². The SMILES string of the molecule is CCN1CCN(c2c(Cl)cccc2NC(=O)[C@H](C)Oc2ccc(Cl)cc2Cl)CC1. The number of piperazine rings is 1. The van der Waals surface area contributed by atoms with Gasteiger partial charge in [-0.05, 0) is 43.8 Å². The molecule has 1 amide bonds. The minimum absolute atomic E-state index is 0.285. The maximum atomic E-state index is 12.8. The summed E-state index contributed by atoms with van der Waals surface area (Å²) in [5, 5.41) is 4.43. The molecule has 0 bridgehead atoms. The van der Waals surface area contributed by atoms with E-state index >= 15 is 0 Å². The van der Waals surface area contributed by atoms with Crippen LogP contribution in [0.2, 0.25) is 15.1 Å². The summed E-state index contributed by atoms with van der Waals surface area (Å²) in [6.45, 7) is 8.49. The van der Waals surface area contributed by atoms with Gasteiger partial charge in [0.15, 0.2) is 6.10 Å². The maximum absolute atomic E-state index is 12.8. The van der Waals surface area contributed by atoms with Crippen molar-refractivity contribution in [3.8, 4) is 5.75 Å². The molecule has 0 saturated carbocycles. The number of nitrogens with one attached hydrogen (secondary N) is 1. The van der Waals surface area contributed by atoms with Crippen molar-refractivity contribution in [2.75, 3.05) is 42.9 Å². The van der Waals surface area contributed by atoms with Crippen LogP contribution in [-0.4, -0.2) is 49.6 Å². The number of carbonyl (C=O) groups is 1. The van der Waals surface area contributed by atoms with Gasteiger partial charge in [0.1, 0.15) is 5.75 Å². The molecule has 1 fully saturated rings. The Labute approximate surface area is 186 Å². The van der Waals surface area contributed by atoms with E-state index in [1.165, 1.54) is 0 Å². The first-order chi connectivity index (χ1) is 13.9. The van der Waals surface area contributed by atoms with E-state index in [4.69, 9.17) is 39.5 Å². The Morgan fingerprint density at radius 3 is 2.48 bits per heavy atom. The average molecular weight is 457 g/mol. The number of likely N-dealkylation sites (N-methyl/N-ethyl adjacent to an activating group) is 1. The van der Waals surface area contributed by atoms with Gasteiger partial charge in [0, 0.05) is 31.2 Å². The van der Waals surface area contributed by atoms with Crippen molar-refractivity contribution in [3.05, 3.63) is 51.5 Å². The van der Waals surface area contributed by atoms with Crippen molar-refractivity contribution < 1.29 is 9.53 Å². The topological polar surface area (TPSA) is 44.8 Å². The van der Waals surface area contributed by atoms with Crippen LogP contribution in [0.5, 0.6) is 5.75 Å². The Bertz CT molecular complexity index is 870. The number of hydrogen-bond donors (Lipinski definition) is 1. The molecular formula is C21H24Cl3N3O2. The van der Waals surface area contributed by atoms with E-state index in [0.717, 1.165) is 38.4 Å². The minimum atomic E-state index is -0.752. The number of carbonyl (C=O) groups excluding carboxylic acids is 1. The zero-order valence-corrected chi connectivity index (χ0v) is 18.7. The molecule has 0 spiro atoms. The lowest BCUT2D eigenvalue weighted by Gasteiger charge is -2.36. The molecule has 0 radical (unpaired) electrons. The summed E-state index contributed by atoms with van der Waals surface area (Å²) in [5.41, 5.74) is 1.51. The Balaban J connectivity index is 1.72. The number of hydrogen-bond acceptors (Lipinski definition) is 4. The number of benzene rings is 2. The van der Waals surface area contributed by atoms with Crippen LogP contribution < -0.4 is 15.0 Å². The fraction of sp³-hybridized carbons (Fsp3) is 0.381. The zero-order chi connectivity index (χ0) is 21.0. The minimum Gasteiger partial charge on any atom is -0.479 e. The number of anilines is 2. The molecule has 0 unspecified atom stereocenters. The standard InChI is InChI=1S/C21H24Cl3N3O2/c1-3-26-9-11-27(12-10-26)20-16(23)5-4-6-18(20)25-21(28)14(2)29-19-8-7-15(22)13-17(19)24/h4-8,13-14H,3,9-12H2,1-2H3,(H,25,28)/t14-/m0/s1. The van der Waals surface area contributed by atoms with Crippen LogP contribution in [-0.2, 0) is 4.79 Å². The summed E-state index contributed by atoms with van der Waals surface area (Å²) in [6.07, 6.45) is -0.752. The third-order valence-electron chi connectivity index (χ3n) is 4.95. The fourth-order valence-corrected chi connectivity index (χ4v) is 4.02. The van der Waals surface area contributed by atoms with Crippen molar-refractivity contribution in [2.45, 2.75) is 20.0 Å². The quantitative estimate of drug-likeness (QED) is 0.649. The van der Waals surface area contributed by atoms with Crippen molar-refractivity contribution in [2.24, 2.45) is 0 Å². The monoisotopic (exact) mass is 455 g/mol. The molecule has 0 aromatic heterocycles. The number of nitrogens with zero attached hydrogens (tertiary/aromatic N) is 2. The van der Waals surface area contributed by atoms with Crippen molar-refractivity contribution >= 4 is 52.1 Å². The fourth-order valence-electron chi connectivity index (χ4n) is 3.27. The van der Waals surface area contributed by atoms with E-state index in [9.17, 15) is 4.79 Å². The molecule has 29 heavy (non-hydrogen) atoms. The molecular weight excluding hydrogens is 433 g/mol. The lowest BCUT2D eigenvalue weighted by atomic mass is 10.2. The third kappa shape index (κ3) is 5.48. The van der Waals surface area contributed by atoms with Crippen molar-refractivity contribution in [3.63, 3.8) is 0 Å². The second-order valence-electron chi connectivity index (χ2n) is 6.88. The number of ether oxygens (including phenoxy) is 1. The zero-order valence-electron chi connectivity index (χ0n) is 16.4. The highest BCUT2D eigenvalue weighted by Crippen LogP contribution is 2.35. The number of amides is 1. The molecule has 1 aliphatic heterocycles. The van der Waals surface area contributed by atoms with Gasteiger partial charge in [0.2, 0.25) is 0 Å². The van der Waals surface area contributed by atoms with Crippen LogP contribution in [0.25, 0.3) is 0 Å². The summed E-state index contributed by atoms with van der Waals surface area (Å²) in [5.74, 6) is 0.118. The molecule has 3 rings (SSSR count). The highest BCUT2D eigenvalue weighted by molar-refractivity contribution is 6.35. The van der Waals surface area contributed by atoms with E-state index in [1.807, 2.05) is 18.2 Å². The first-order valence-electron chi connectivity index (χ1n) is 9.57. The van der Waals surface area contributed by atoms with Gasteiger partial charge in [0.05, 0.1) is 21.4 Å². The molecule has 1 atom stereocenters. The van der Waals surface area contributed by atoms with Gasteiger partial charge < -0.3 is 19.9 Å². The van der Waals surface area contributed by atoms with Crippen molar-refractivity contribution in [1.29, 1.82) is 0 Å². The van der Waals surface area contributed by atoms with Gasteiger partial charge in [-0.25, -0.2) is 0 Å². The second-order valence-corrected chi connectivity index (χ2v) is 8.13. The van der Waals surface area contributed by atoms with Crippen LogP contribution in [0.15, 0.2) is 36.4 Å². The second kappa shape index (κ2) is 9.90. The smallest absolute Gasteiger partial charge is 0.265 e. The summed E-state index contributed by atoms with van der Waals surface area (Å²) in [7, 11) is 0. The predicted molar refractivity (Wildman–Crippen MR) is 121 cm³/mol. The summed E-state index contributed by atoms with van der Waals surface area (Å²) < 4.78 is 5.72. The van der Waals surface area contributed by atoms with E-state index in [1.54, 1.807) is 25.1 Å². The molecule has 156 valence electrons. The first kappa shape index (κ1) is 22.0. The summed E-state index contributed by atoms with van der Waals surface area (Å²) >= 11 is 18.5. The average Bonchev–Trinajstić information content (AvgIpc) is 2.70. The highest BCUT2D eigenvalue weighted by Gasteiger charge is 2.23. The third-order valence-corrected chi connectivity index (χ3v) is 5.78. The van der Waals surface area contributed by atoms with Gasteiger partial charge in [-0.2, -0.15) is 0 Å². The van der Waals surface area contributed by atoms with Gasteiger partial charge >= 0.3 is 0 Å². The van der Waals surface area contributed by atoms with Gasteiger partial charge in [-0.1, -0.05) is 47.8 Å². The molecule has 1 aliphatic rings. The predicted octanol–water partition coefficient (Wildman–Crippen LogP) is 5.19. The van der Waals surface area contributed by atoms with E-state index in [-0.39, 0.29) is 5.91 Å². The lowest BCUT2D eigenvalue weighted by Crippen LogP contribution is -2.46. The normalized spacial score (nSPS) is 15.8. The van der Waals surface area contributed by atoms with Gasteiger partial charge in [0.25, 0.3) is 5.91 Å². The highest BCUT2D eigenvalue weighted by atomic mass is 35.5. The number of halogens is 3. The van der Waals surface area contributed by atoms with E-state index in [0.29, 0.717) is 26.5 Å². The van der Waals surface area contributed by atoms with Crippen LogP contribution in [0.1, 0.15) is 13.8 Å². The van der Waals surface area contributed by atoms with Crippen LogP contribution in [0.3, 0.4) is 0 Å². The van der Waals surface area contributed by atoms with E-state index in [2.05, 4.69) is 22.0 Å². The molecule has 1 N–H and O–H groups in total. The first-order valence-corrected chi connectivity index (χ1v) is 10.7.